The van der Waals surface area contributed by atoms with Crippen LogP contribution in [0.1, 0.15) is 44.1 Å². The van der Waals surface area contributed by atoms with Crippen LogP contribution in [0.2, 0.25) is 0 Å². The summed E-state index contributed by atoms with van der Waals surface area (Å²) in [5.74, 6) is 9.24. The molecule has 244 valence electrons. The lowest BCUT2D eigenvalue weighted by atomic mass is 9.32. The summed E-state index contributed by atoms with van der Waals surface area (Å²) in [7, 11) is 0. The van der Waals surface area contributed by atoms with Gasteiger partial charge in [-0.1, -0.05) is 133 Å². The fourth-order valence-electron chi connectivity index (χ4n) is 11.9. The van der Waals surface area contributed by atoms with Crippen LogP contribution in [0.3, 0.4) is 0 Å². The number of hydrogen-bond donors (Lipinski definition) is 0. The highest BCUT2D eigenvalue weighted by molar-refractivity contribution is 5.72. The van der Waals surface area contributed by atoms with Crippen molar-refractivity contribution in [2.75, 3.05) is 0 Å². The van der Waals surface area contributed by atoms with Gasteiger partial charge in [-0.3, -0.25) is 0 Å². The van der Waals surface area contributed by atoms with Crippen LogP contribution in [0.4, 0.5) is 0 Å². The normalized spacial score (nSPS) is 29.8. The zero-order valence-electron chi connectivity index (χ0n) is 28.3. The Morgan fingerprint density at radius 2 is 0.660 bits per heavy atom. The Kier molecular flexibility index (Phi) is 6.39. The molecule has 13 rings (SSSR count). The van der Waals surface area contributed by atoms with E-state index in [9.17, 15) is 0 Å². The minimum absolute atomic E-state index is 0.378. The van der Waals surface area contributed by atoms with E-state index in [2.05, 4.69) is 133 Å². The lowest BCUT2D eigenvalue weighted by molar-refractivity contribution is -0.212. The van der Waals surface area contributed by atoms with Crippen LogP contribution >= 0.6 is 0 Å². The molecule has 5 aromatic carbocycles. The number of benzene rings is 5. The second kappa shape index (κ2) is 11.1. The van der Waals surface area contributed by atoms with Gasteiger partial charge in [0.2, 0.25) is 0 Å². The Labute approximate surface area is 294 Å². The second-order valence-electron chi connectivity index (χ2n) is 16.2. The average Bonchev–Trinajstić information content (AvgIpc) is 3.20. The summed E-state index contributed by atoms with van der Waals surface area (Å²) in [6.07, 6.45) is 8.89. The molecule has 0 N–H and O–H groups in total. The lowest BCUT2D eigenvalue weighted by Crippen LogP contribution is -2.66. The number of nitrogens with zero attached hydrogens (tertiary/aromatic N) is 3. The first kappa shape index (κ1) is 28.9. The highest BCUT2D eigenvalue weighted by atomic mass is 15.0. The lowest BCUT2D eigenvalue weighted by Gasteiger charge is -2.72. The third kappa shape index (κ3) is 4.52. The quantitative estimate of drug-likeness (QED) is 0.181. The molecule has 7 fully saturated rings. The van der Waals surface area contributed by atoms with E-state index in [0.717, 1.165) is 63.9 Å². The molecule has 7 aliphatic carbocycles. The van der Waals surface area contributed by atoms with Gasteiger partial charge in [-0.05, 0) is 113 Å². The van der Waals surface area contributed by atoms with Gasteiger partial charge >= 0.3 is 0 Å². The molecule has 1 heterocycles. The zero-order chi connectivity index (χ0) is 32.8. The van der Waals surface area contributed by atoms with Gasteiger partial charge < -0.3 is 0 Å². The average molecular weight is 648 g/mol. The van der Waals surface area contributed by atoms with Crippen LogP contribution in [0.5, 0.6) is 0 Å². The summed E-state index contributed by atoms with van der Waals surface area (Å²) in [5, 5.41) is 0. The Morgan fingerprint density at radius 1 is 0.340 bits per heavy atom. The third-order valence-corrected chi connectivity index (χ3v) is 13.9. The van der Waals surface area contributed by atoms with E-state index >= 15 is 0 Å². The van der Waals surface area contributed by atoms with Crippen molar-refractivity contribution in [3.63, 3.8) is 0 Å². The van der Waals surface area contributed by atoms with Crippen LogP contribution in [0.25, 0.3) is 56.4 Å². The monoisotopic (exact) mass is 647 g/mol. The third-order valence-electron chi connectivity index (χ3n) is 13.9. The summed E-state index contributed by atoms with van der Waals surface area (Å²) in [6.45, 7) is 0. The number of rotatable bonds is 6. The van der Waals surface area contributed by atoms with Gasteiger partial charge in [0, 0.05) is 16.7 Å². The van der Waals surface area contributed by atoms with Crippen LogP contribution in [0, 0.1) is 41.4 Å². The van der Waals surface area contributed by atoms with Crippen molar-refractivity contribution in [3.05, 3.63) is 139 Å². The van der Waals surface area contributed by atoms with E-state index in [-0.39, 0.29) is 0 Å². The van der Waals surface area contributed by atoms with E-state index in [4.69, 9.17) is 15.0 Å². The Balaban J connectivity index is 0.952. The fourth-order valence-corrected chi connectivity index (χ4v) is 11.9. The molecule has 50 heavy (non-hydrogen) atoms. The van der Waals surface area contributed by atoms with Crippen molar-refractivity contribution in [1.29, 1.82) is 0 Å². The fraction of sp³-hybridized carbons (Fsp3) is 0.298. The van der Waals surface area contributed by atoms with E-state index in [1.54, 1.807) is 5.56 Å². The first-order valence-corrected chi connectivity index (χ1v) is 18.9. The predicted molar refractivity (Wildman–Crippen MR) is 201 cm³/mol. The number of aromatic nitrogens is 3. The van der Waals surface area contributed by atoms with Gasteiger partial charge in [0.15, 0.2) is 17.5 Å². The molecule has 0 amide bonds. The topological polar surface area (TPSA) is 38.7 Å². The molecule has 0 saturated heterocycles. The van der Waals surface area contributed by atoms with Gasteiger partial charge in [0.05, 0.1) is 0 Å². The summed E-state index contributed by atoms with van der Waals surface area (Å²) < 4.78 is 0. The van der Waals surface area contributed by atoms with E-state index in [1.165, 1.54) is 60.8 Å². The van der Waals surface area contributed by atoms with Gasteiger partial charge in [-0.15, -0.1) is 0 Å². The van der Waals surface area contributed by atoms with Gasteiger partial charge in [0.1, 0.15) is 0 Å². The smallest absolute Gasteiger partial charge is 0.164 e. The second-order valence-corrected chi connectivity index (χ2v) is 16.2. The van der Waals surface area contributed by atoms with Crippen molar-refractivity contribution in [1.82, 2.24) is 15.0 Å². The summed E-state index contributed by atoms with van der Waals surface area (Å²) >= 11 is 0. The Bertz CT molecular complexity index is 2030. The molecular formula is C47H41N3. The van der Waals surface area contributed by atoms with Crippen molar-refractivity contribution < 1.29 is 0 Å². The van der Waals surface area contributed by atoms with Crippen molar-refractivity contribution in [2.24, 2.45) is 41.4 Å². The zero-order valence-corrected chi connectivity index (χ0v) is 28.3. The summed E-state index contributed by atoms with van der Waals surface area (Å²) in [4.78, 5) is 15.3. The molecule has 0 atom stereocenters. The molecule has 0 radical (unpaired) electrons. The van der Waals surface area contributed by atoms with Crippen LogP contribution in [-0.4, -0.2) is 15.0 Å². The predicted octanol–water partition coefficient (Wildman–Crippen LogP) is 11.2. The van der Waals surface area contributed by atoms with Gasteiger partial charge in [-0.2, -0.15) is 0 Å². The maximum atomic E-state index is 5.12. The van der Waals surface area contributed by atoms with Gasteiger partial charge in [-0.25, -0.2) is 15.0 Å². The molecule has 3 heteroatoms. The standard InChI is InChI=1S/C47H41N3/c1-3-7-30(8-4-1)32-11-15-34(16-12-32)44-48-45(35-17-13-33(14-18-35)31-9-5-2-6-10-31)50-46(49-44)36-19-21-37(22-20-36)47-26-41-38-23-29-24-39(41)43(28-47)40(25-29)42(38)27-47/h1-22,29,38-43H,23-28H2. The summed E-state index contributed by atoms with van der Waals surface area (Å²) in [6, 6.07) is 47.7. The first-order valence-electron chi connectivity index (χ1n) is 18.9. The van der Waals surface area contributed by atoms with E-state index in [1.807, 2.05) is 0 Å². The molecule has 7 aliphatic rings. The molecule has 7 saturated carbocycles. The molecule has 6 aromatic rings. The maximum absolute atomic E-state index is 5.12. The van der Waals surface area contributed by atoms with Crippen molar-refractivity contribution in [2.45, 2.75) is 43.9 Å². The van der Waals surface area contributed by atoms with E-state index < -0.39 is 0 Å². The number of hydrogen-bond acceptors (Lipinski definition) is 3. The minimum atomic E-state index is 0.378. The van der Waals surface area contributed by atoms with Crippen molar-refractivity contribution in [3.8, 4) is 56.4 Å². The SMILES string of the molecule is c1ccc(-c2ccc(-c3nc(-c4ccc(-c5ccccc5)cc4)nc(-c4ccc(C56CC7C8CC9CC7C(C5)C(C9)C8C6)cc4)n3)cc2)cc1. The molecule has 3 nitrogen and oxygen atoms in total. The molecule has 8 bridgehead atoms. The molecule has 0 unspecified atom stereocenters. The highest BCUT2D eigenvalue weighted by Gasteiger charge is 2.67. The first-order chi connectivity index (χ1) is 24.7. The highest BCUT2D eigenvalue weighted by Crippen LogP contribution is 2.74. The Hall–Kier alpha value is -4.89. The maximum Gasteiger partial charge on any atom is 0.164 e. The van der Waals surface area contributed by atoms with Crippen LogP contribution in [-0.2, 0) is 5.41 Å². The van der Waals surface area contributed by atoms with Gasteiger partial charge in [0.25, 0.3) is 0 Å². The van der Waals surface area contributed by atoms with Crippen LogP contribution in [0.15, 0.2) is 133 Å². The molecular weight excluding hydrogens is 607 g/mol. The van der Waals surface area contributed by atoms with Crippen LogP contribution < -0.4 is 0 Å². The van der Waals surface area contributed by atoms with E-state index in [0.29, 0.717) is 17.1 Å². The summed E-state index contributed by atoms with van der Waals surface area (Å²) in [5.41, 5.74) is 9.75. The molecule has 0 spiro atoms. The Morgan fingerprint density at radius 3 is 1.04 bits per heavy atom. The van der Waals surface area contributed by atoms with Crippen molar-refractivity contribution >= 4 is 0 Å². The minimum Gasteiger partial charge on any atom is -0.208 e. The molecule has 0 aliphatic heterocycles. The largest absolute Gasteiger partial charge is 0.208 e. The molecule has 1 aromatic heterocycles.